The fourth-order valence-corrected chi connectivity index (χ4v) is 3.14. The number of carbonyl (C=O) groups excluding carboxylic acids is 1. The molecular weight excluding hydrogens is 444 g/mol. The molecule has 0 saturated carbocycles. The molecule has 0 aromatic heterocycles. The number of anilines is 1. The second kappa shape index (κ2) is 9.36. The number of hydrogen-bond acceptors (Lipinski definition) is 2. The summed E-state index contributed by atoms with van der Waals surface area (Å²) in [6, 6.07) is 13.6. The normalized spacial score (nSPS) is 11.9. The Balaban J connectivity index is 1.94. The first-order valence-corrected chi connectivity index (χ1v) is 9.72. The highest BCUT2D eigenvalue weighted by molar-refractivity contribution is 6.35. The summed E-state index contributed by atoms with van der Waals surface area (Å²) in [5, 5.41) is 2.80. The number of halogens is 5. The van der Waals surface area contributed by atoms with Crippen LogP contribution in [0.1, 0.15) is 27.0 Å². The summed E-state index contributed by atoms with van der Waals surface area (Å²) in [4.78, 5) is 17.1. The summed E-state index contributed by atoms with van der Waals surface area (Å²) in [6.07, 6.45) is -3.28. The maximum Gasteiger partial charge on any atom is 0.416 e. The van der Waals surface area contributed by atoms with Gasteiger partial charge in [-0.25, -0.2) is 9.38 Å². The number of alkyl halides is 3. The van der Waals surface area contributed by atoms with Crippen LogP contribution in [0.4, 0.5) is 28.9 Å². The highest BCUT2D eigenvalue weighted by Crippen LogP contribution is 2.31. The fourth-order valence-electron chi connectivity index (χ4n) is 2.92. The topological polar surface area (TPSA) is 41.5 Å². The molecule has 0 spiro atoms. The largest absolute Gasteiger partial charge is 0.416 e. The van der Waals surface area contributed by atoms with Crippen molar-refractivity contribution in [1.82, 2.24) is 0 Å². The Morgan fingerprint density at radius 3 is 2.47 bits per heavy atom. The van der Waals surface area contributed by atoms with Gasteiger partial charge in [0.2, 0.25) is 0 Å². The smallest absolute Gasteiger partial charge is 0.322 e. The Bertz CT molecular complexity index is 1220. The molecule has 0 aliphatic heterocycles. The van der Waals surface area contributed by atoms with Gasteiger partial charge in [-0.05, 0) is 61.0 Å². The van der Waals surface area contributed by atoms with Crippen LogP contribution < -0.4 is 5.32 Å². The Kier molecular flexibility index (Phi) is 6.79. The number of rotatable bonds is 5. The molecule has 0 aliphatic rings. The molecule has 3 aromatic rings. The number of para-hydroxylation sites is 1. The number of benzene rings is 3. The Morgan fingerprint density at radius 1 is 1.09 bits per heavy atom. The number of aliphatic imine (C=N–C) groups is 1. The van der Waals surface area contributed by atoms with Crippen molar-refractivity contribution in [2.45, 2.75) is 13.1 Å². The van der Waals surface area contributed by atoms with E-state index in [1.165, 1.54) is 24.3 Å². The zero-order valence-corrected chi connectivity index (χ0v) is 17.6. The van der Waals surface area contributed by atoms with Crippen molar-refractivity contribution in [2.75, 3.05) is 5.32 Å². The molecule has 0 bridgehead atoms. The average Bonchev–Trinajstić information content (AvgIpc) is 2.73. The van der Waals surface area contributed by atoms with E-state index in [2.05, 4.69) is 16.9 Å². The van der Waals surface area contributed by atoms with Crippen LogP contribution in [-0.2, 0) is 6.18 Å². The second-order valence-corrected chi connectivity index (χ2v) is 7.27. The van der Waals surface area contributed by atoms with Crippen LogP contribution in [-0.4, -0.2) is 11.6 Å². The lowest BCUT2D eigenvalue weighted by molar-refractivity contribution is -0.137. The van der Waals surface area contributed by atoms with Gasteiger partial charge in [0, 0.05) is 16.8 Å². The average molecular weight is 461 g/mol. The first-order valence-electron chi connectivity index (χ1n) is 9.34. The van der Waals surface area contributed by atoms with Gasteiger partial charge in [0.05, 0.1) is 22.0 Å². The third kappa shape index (κ3) is 5.42. The number of allylic oxidation sites excluding steroid dienone is 1. The summed E-state index contributed by atoms with van der Waals surface area (Å²) in [7, 11) is 0. The molecule has 8 heteroatoms. The third-order valence-corrected chi connectivity index (χ3v) is 4.87. The van der Waals surface area contributed by atoms with Crippen molar-refractivity contribution >= 4 is 34.6 Å². The van der Waals surface area contributed by atoms with Gasteiger partial charge in [0.25, 0.3) is 5.91 Å². The molecule has 32 heavy (non-hydrogen) atoms. The van der Waals surface area contributed by atoms with Crippen molar-refractivity contribution in [3.63, 3.8) is 0 Å². The monoisotopic (exact) mass is 460 g/mol. The molecule has 0 aliphatic carbocycles. The molecule has 0 atom stereocenters. The van der Waals surface area contributed by atoms with Crippen molar-refractivity contribution < 1.29 is 22.4 Å². The standard InChI is InChI=1S/C24H17ClF4N2O/c1-3-21(31-22-7-5-4-6-14(22)2)19-13-18(8-9-20(19)25)30-23(32)15-10-16(24(27,28)29)12-17(26)11-15/h3-13H,1H2,2H3,(H,30,32). The van der Waals surface area contributed by atoms with Gasteiger partial charge in [-0.2, -0.15) is 13.2 Å². The number of nitrogens with zero attached hydrogens (tertiary/aromatic N) is 1. The Morgan fingerprint density at radius 2 is 1.81 bits per heavy atom. The van der Waals surface area contributed by atoms with E-state index < -0.39 is 29.0 Å². The molecular formula is C24H17ClF4N2O. The second-order valence-electron chi connectivity index (χ2n) is 6.86. The zero-order chi connectivity index (χ0) is 23.5. The number of amides is 1. The van der Waals surface area contributed by atoms with E-state index in [9.17, 15) is 22.4 Å². The van der Waals surface area contributed by atoms with E-state index in [0.29, 0.717) is 34.1 Å². The number of carbonyl (C=O) groups is 1. The summed E-state index contributed by atoms with van der Waals surface area (Å²) in [5.74, 6) is -2.07. The minimum absolute atomic E-state index is 0.242. The van der Waals surface area contributed by atoms with Gasteiger partial charge < -0.3 is 5.32 Å². The van der Waals surface area contributed by atoms with E-state index in [1.807, 2.05) is 31.2 Å². The lowest BCUT2D eigenvalue weighted by atomic mass is 10.1. The highest BCUT2D eigenvalue weighted by Gasteiger charge is 2.32. The molecule has 0 saturated heterocycles. The van der Waals surface area contributed by atoms with Crippen LogP contribution >= 0.6 is 11.6 Å². The van der Waals surface area contributed by atoms with Gasteiger partial charge in [-0.1, -0.05) is 36.4 Å². The van der Waals surface area contributed by atoms with Gasteiger partial charge in [-0.3, -0.25) is 4.79 Å². The van der Waals surface area contributed by atoms with E-state index in [0.717, 1.165) is 11.6 Å². The van der Waals surface area contributed by atoms with Crippen LogP contribution in [0.15, 0.2) is 78.3 Å². The van der Waals surface area contributed by atoms with E-state index in [-0.39, 0.29) is 5.69 Å². The molecule has 164 valence electrons. The number of nitrogens with one attached hydrogen (secondary N) is 1. The third-order valence-electron chi connectivity index (χ3n) is 4.54. The first-order chi connectivity index (χ1) is 15.1. The molecule has 3 nitrogen and oxygen atoms in total. The predicted molar refractivity (Wildman–Crippen MR) is 118 cm³/mol. The summed E-state index contributed by atoms with van der Waals surface area (Å²) < 4.78 is 52.4. The fraction of sp³-hybridized carbons (Fsp3) is 0.0833. The molecule has 0 heterocycles. The van der Waals surface area contributed by atoms with Crippen molar-refractivity contribution in [2.24, 2.45) is 4.99 Å². The molecule has 3 aromatic carbocycles. The van der Waals surface area contributed by atoms with Crippen LogP contribution in [0, 0.1) is 12.7 Å². The van der Waals surface area contributed by atoms with Crippen LogP contribution in [0.25, 0.3) is 0 Å². The number of hydrogen-bond donors (Lipinski definition) is 1. The van der Waals surface area contributed by atoms with Gasteiger partial charge in [0.1, 0.15) is 5.82 Å². The predicted octanol–water partition coefficient (Wildman–Crippen LogP) is 7.37. The Hall–Kier alpha value is -3.45. The molecule has 1 N–H and O–H groups in total. The van der Waals surface area contributed by atoms with Crippen LogP contribution in [0.2, 0.25) is 5.02 Å². The minimum Gasteiger partial charge on any atom is -0.322 e. The SMILES string of the molecule is C=CC(=Nc1ccccc1C)c1cc(NC(=O)c2cc(F)cc(C(F)(F)F)c2)ccc1Cl. The lowest BCUT2D eigenvalue weighted by Crippen LogP contribution is -2.15. The van der Waals surface area contributed by atoms with Gasteiger partial charge in [0.15, 0.2) is 0 Å². The summed E-state index contributed by atoms with van der Waals surface area (Å²) >= 11 is 6.31. The molecule has 0 fully saturated rings. The lowest BCUT2D eigenvalue weighted by Gasteiger charge is -2.12. The highest BCUT2D eigenvalue weighted by atomic mass is 35.5. The van der Waals surface area contributed by atoms with Crippen molar-refractivity contribution in [3.8, 4) is 0 Å². The van der Waals surface area contributed by atoms with Crippen molar-refractivity contribution in [3.05, 3.63) is 106 Å². The molecule has 0 radical (unpaired) electrons. The maximum absolute atomic E-state index is 13.6. The summed E-state index contributed by atoms with van der Waals surface area (Å²) in [5.41, 5.74) is 1.05. The first kappa shape index (κ1) is 23.2. The quantitative estimate of drug-likeness (QED) is 0.313. The zero-order valence-electron chi connectivity index (χ0n) is 16.8. The molecule has 3 rings (SSSR count). The Labute approximate surface area is 187 Å². The molecule has 0 unspecified atom stereocenters. The van der Waals surface area contributed by atoms with Crippen LogP contribution in [0.5, 0.6) is 0 Å². The van der Waals surface area contributed by atoms with Gasteiger partial charge in [-0.15, -0.1) is 0 Å². The number of aryl methyl sites for hydroxylation is 1. The van der Waals surface area contributed by atoms with E-state index >= 15 is 0 Å². The minimum atomic E-state index is -4.78. The van der Waals surface area contributed by atoms with E-state index in [1.54, 1.807) is 0 Å². The van der Waals surface area contributed by atoms with Gasteiger partial charge >= 0.3 is 6.18 Å². The summed E-state index contributed by atoms with van der Waals surface area (Å²) in [6.45, 7) is 5.65. The van der Waals surface area contributed by atoms with Crippen LogP contribution in [0.3, 0.4) is 0 Å². The molecule has 1 amide bonds. The van der Waals surface area contributed by atoms with E-state index in [4.69, 9.17) is 11.6 Å². The maximum atomic E-state index is 13.6. The van der Waals surface area contributed by atoms with Crippen molar-refractivity contribution in [1.29, 1.82) is 0 Å².